The van der Waals surface area contributed by atoms with E-state index in [0.29, 0.717) is 11.3 Å². The molecule has 0 saturated heterocycles. The Labute approximate surface area is 97.6 Å². The molecule has 0 fully saturated rings. The minimum absolute atomic E-state index is 0.232. The molecule has 2 aromatic heterocycles. The van der Waals surface area contributed by atoms with Crippen LogP contribution in [0.15, 0.2) is 18.6 Å². The van der Waals surface area contributed by atoms with E-state index in [2.05, 4.69) is 15.4 Å². The first kappa shape index (κ1) is 11.3. The van der Waals surface area contributed by atoms with Crippen molar-refractivity contribution < 1.29 is 9.53 Å². The van der Waals surface area contributed by atoms with Gasteiger partial charge in [0, 0.05) is 19.5 Å². The first-order chi connectivity index (χ1) is 8.13. The van der Waals surface area contributed by atoms with Crippen molar-refractivity contribution >= 4 is 17.4 Å². The van der Waals surface area contributed by atoms with Crippen LogP contribution < -0.4 is 11.1 Å². The molecule has 2 amide bonds. The number of aromatic nitrogens is 3. The molecule has 0 aromatic carbocycles. The molecule has 1 unspecified atom stereocenters. The van der Waals surface area contributed by atoms with Crippen molar-refractivity contribution in [1.82, 2.24) is 14.6 Å². The maximum atomic E-state index is 10.9. The largest absolute Gasteiger partial charge is 0.377 e. The fourth-order valence-corrected chi connectivity index (χ4v) is 1.64. The lowest BCUT2D eigenvalue weighted by Gasteiger charge is -2.15. The van der Waals surface area contributed by atoms with Crippen LogP contribution in [0.1, 0.15) is 18.6 Å². The van der Waals surface area contributed by atoms with Gasteiger partial charge in [-0.05, 0) is 6.92 Å². The van der Waals surface area contributed by atoms with Crippen molar-refractivity contribution in [2.24, 2.45) is 5.73 Å². The number of nitrogens with one attached hydrogen (secondary N) is 1. The molecule has 0 saturated carbocycles. The molecule has 2 heterocycles. The van der Waals surface area contributed by atoms with E-state index in [1.165, 1.54) is 6.20 Å². The summed E-state index contributed by atoms with van der Waals surface area (Å²) >= 11 is 0. The standard InChI is InChI=1S/C10H13N5O2/c1-6(17-2)8-7(14-10(11)16)5-13-15-4-3-12-9(8)15/h3-6H,1-2H3,(H3,11,14,16). The number of urea groups is 1. The molecule has 7 heteroatoms. The summed E-state index contributed by atoms with van der Waals surface area (Å²) in [6.07, 6.45) is 4.63. The third-order valence-corrected chi connectivity index (χ3v) is 2.48. The van der Waals surface area contributed by atoms with Crippen LogP contribution in [0.4, 0.5) is 10.5 Å². The monoisotopic (exact) mass is 235 g/mol. The Morgan fingerprint density at radius 3 is 3.06 bits per heavy atom. The zero-order valence-electron chi connectivity index (χ0n) is 9.54. The topological polar surface area (TPSA) is 94.5 Å². The predicted octanol–water partition coefficient (Wildman–Crippen LogP) is 0.927. The summed E-state index contributed by atoms with van der Waals surface area (Å²) in [7, 11) is 1.58. The highest BCUT2D eigenvalue weighted by Gasteiger charge is 2.17. The Morgan fingerprint density at radius 2 is 2.41 bits per heavy atom. The van der Waals surface area contributed by atoms with E-state index in [-0.39, 0.29) is 6.10 Å². The second-order valence-electron chi connectivity index (χ2n) is 3.53. The van der Waals surface area contributed by atoms with E-state index < -0.39 is 6.03 Å². The SMILES string of the molecule is COC(C)c1c(NC(N)=O)cnn2ccnc12. The molecule has 7 nitrogen and oxygen atoms in total. The van der Waals surface area contributed by atoms with Gasteiger partial charge in [-0.1, -0.05) is 0 Å². The number of rotatable bonds is 3. The molecule has 17 heavy (non-hydrogen) atoms. The summed E-state index contributed by atoms with van der Waals surface area (Å²) in [6, 6.07) is -0.646. The van der Waals surface area contributed by atoms with Crippen molar-refractivity contribution in [1.29, 1.82) is 0 Å². The zero-order valence-corrected chi connectivity index (χ0v) is 9.54. The minimum Gasteiger partial charge on any atom is -0.377 e. The summed E-state index contributed by atoms with van der Waals surface area (Å²) < 4.78 is 6.87. The maximum Gasteiger partial charge on any atom is 0.316 e. The third kappa shape index (κ3) is 2.04. The van der Waals surface area contributed by atoms with E-state index in [9.17, 15) is 4.79 Å². The molecule has 0 aliphatic rings. The third-order valence-electron chi connectivity index (χ3n) is 2.48. The number of nitrogens with zero attached hydrogens (tertiary/aromatic N) is 3. The van der Waals surface area contributed by atoms with Crippen LogP contribution in [0.3, 0.4) is 0 Å². The average molecular weight is 235 g/mol. The number of anilines is 1. The fourth-order valence-electron chi connectivity index (χ4n) is 1.64. The first-order valence-electron chi connectivity index (χ1n) is 5.05. The van der Waals surface area contributed by atoms with E-state index in [4.69, 9.17) is 10.5 Å². The van der Waals surface area contributed by atoms with E-state index in [1.54, 1.807) is 24.0 Å². The van der Waals surface area contributed by atoms with Gasteiger partial charge >= 0.3 is 6.03 Å². The van der Waals surface area contributed by atoms with Gasteiger partial charge in [-0.2, -0.15) is 5.10 Å². The van der Waals surface area contributed by atoms with Crippen LogP contribution in [0.2, 0.25) is 0 Å². The zero-order chi connectivity index (χ0) is 12.4. The van der Waals surface area contributed by atoms with Gasteiger partial charge in [0.25, 0.3) is 0 Å². The van der Waals surface area contributed by atoms with Gasteiger partial charge in [-0.3, -0.25) is 0 Å². The Kier molecular flexibility index (Phi) is 2.92. The second-order valence-corrected chi connectivity index (χ2v) is 3.53. The number of hydrogen-bond donors (Lipinski definition) is 2. The lowest BCUT2D eigenvalue weighted by molar-refractivity contribution is 0.120. The number of imidazole rings is 1. The first-order valence-corrected chi connectivity index (χ1v) is 5.05. The summed E-state index contributed by atoms with van der Waals surface area (Å²) in [5.74, 6) is 0. The predicted molar refractivity (Wildman–Crippen MR) is 61.6 cm³/mol. The molecule has 0 spiro atoms. The number of carbonyl (C=O) groups excluding carboxylic acids is 1. The van der Waals surface area contributed by atoms with Crippen molar-refractivity contribution in [3.8, 4) is 0 Å². The quantitative estimate of drug-likeness (QED) is 0.827. The van der Waals surface area contributed by atoms with Crippen LogP contribution in [0.25, 0.3) is 5.65 Å². The molecule has 0 bridgehead atoms. The number of fused-ring (bicyclic) bond motifs is 1. The highest BCUT2D eigenvalue weighted by atomic mass is 16.5. The molecule has 3 N–H and O–H groups in total. The van der Waals surface area contributed by atoms with Gasteiger partial charge in [-0.25, -0.2) is 14.3 Å². The number of hydrogen-bond acceptors (Lipinski definition) is 4. The fraction of sp³-hybridized carbons (Fsp3) is 0.300. The lowest BCUT2D eigenvalue weighted by Crippen LogP contribution is -2.21. The van der Waals surface area contributed by atoms with Gasteiger partial charge in [0.15, 0.2) is 5.65 Å². The van der Waals surface area contributed by atoms with Crippen molar-refractivity contribution in [3.63, 3.8) is 0 Å². The molecule has 0 aliphatic carbocycles. The van der Waals surface area contributed by atoms with Gasteiger partial charge in [0.1, 0.15) is 0 Å². The van der Waals surface area contributed by atoms with Crippen LogP contribution >= 0.6 is 0 Å². The Hall–Kier alpha value is -2.15. The van der Waals surface area contributed by atoms with Gasteiger partial charge < -0.3 is 15.8 Å². The molecule has 1 atom stereocenters. The number of primary amides is 1. The highest BCUT2D eigenvalue weighted by molar-refractivity contribution is 5.89. The van der Waals surface area contributed by atoms with Crippen LogP contribution in [0, 0.1) is 0 Å². The van der Waals surface area contributed by atoms with Gasteiger partial charge in [0.05, 0.1) is 23.6 Å². The van der Waals surface area contributed by atoms with Crippen LogP contribution in [-0.4, -0.2) is 27.7 Å². The van der Waals surface area contributed by atoms with E-state index >= 15 is 0 Å². The van der Waals surface area contributed by atoms with Crippen LogP contribution in [-0.2, 0) is 4.74 Å². The summed E-state index contributed by atoms with van der Waals surface area (Å²) in [5.41, 5.74) is 6.99. The van der Waals surface area contributed by atoms with Crippen molar-refractivity contribution in [3.05, 3.63) is 24.2 Å². The van der Waals surface area contributed by atoms with Crippen LogP contribution in [0.5, 0.6) is 0 Å². The molecule has 2 rings (SSSR count). The average Bonchev–Trinajstić information content (AvgIpc) is 2.75. The molecular formula is C10H13N5O2. The normalized spacial score (nSPS) is 12.6. The number of amides is 2. The highest BCUT2D eigenvalue weighted by Crippen LogP contribution is 2.27. The number of carbonyl (C=O) groups is 1. The number of nitrogens with two attached hydrogens (primary N) is 1. The number of ether oxygens (including phenoxy) is 1. The van der Waals surface area contributed by atoms with Crippen molar-refractivity contribution in [2.45, 2.75) is 13.0 Å². The number of methoxy groups -OCH3 is 1. The molecule has 90 valence electrons. The summed E-state index contributed by atoms with van der Waals surface area (Å²) in [5, 5.41) is 6.61. The molecule has 0 aliphatic heterocycles. The van der Waals surface area contributed by atoms with Gasteiger partial charge in [0.2, 0.25) is 0 Å². The maximum absolute atomic E-state index is 10.9. The van der Waals surface area contributed by atoms with Crippen molar-refractivity contribution in [2.75, 3.05) is 12.4 Å². The Balaban J connectivity index is 2.61. The minimum atomic E-state index is -0.646. The Bertz CT molecular complexity index is 551. The van der Waals surface area contributed by atoms with E-state index in [1.807, 2.05) is 6.92 Å². The molecular weight excluding hydrogens is 222 g/mol. The molecule has 0 radical (unpaired) electrons. The van der Waals surface area contributed by atoms with Gasteiger partial charge in [-0.15, -0.1) is 0 Å². The summed E-state index contributed by atoms with van der Waals surface area (Å²) in [4.78, 5) is 15.1. The molecule has 2 aromatic rings. The lowest BCUT2D eigenvalue weighted by atomic mass is 10.1. The van der Waals surface area contributed by atoms with E-state index in [0.717, 1.165) is 5.56 Å². The summed E-state index contributed by atoms with van der Waals surface area (Å²) in [6.45, 7) is 1.86. The smallest absolute Gasteiger partial charge is 0.316 e. The Morgan fingerprint density at radius 1 is 1.65 bits per heavy atom. The second kappa shape index (κ2) is 4.38.